The van der Waals surface area contributed by atoms with E-state index < -0.39 is 17.5 Å². The second-order valence-corrected chi connectivity index (χ2v) is 5.80. The normalized spacial score (nSPS) is 10.6. The van der Waals surface area contributed by atoms with Gasteiger partial charge in [-0.2, -0.15) is 0 Å². The van der Waals surface area contributed by atoms with Gasteiger partial charge in [0, 0.05) is 25.2 Å². The zero-order chi connectivity index (χ0) is 18.4. The maximum atomic E-state index is 12.2. The number of amides is 1. The van der Waals surface area contributed by atoms with Gasteiger partial charge in [-0.3, -0.25) is 14.9 Å². The standard InChI is InChI=1S/C16H23N3O5/c1-10(2)18(11(3)4)15(20)9-24-16(21)12-6-7-13(17-5)14(8-12)19(22)23/h6-8,10-11,17H,9H2,1-5H3. The molecule has 8 heteroatoms. The summed E-state index contributed by atoms with van der Waals surface area (Å²) >= 11 is 0. The van der Waals surface area contributed by atoms with Crippen LogP contribution in [-0.4, -0.2) is 47.4 Å². The molecule has 24 heavy (non-hydrogen) atoms. The van der Waals surface area contributed by atoms with E-state index >= 15 is 0 Å². The van der Waals surface area contributed by atoms with E-state index in [1.165, 1.54) is 12.1 Å². The molecule has 0 fully saturated rings. The quantitative estimate of drug-likeness (QED) is 0.466. The van der Waals surface area contributed by atoms with Crippen LogP contribution in [0.4, 0.5) is 11.4 Å². The van der Waals surface area contributed by atoms with E-state index in [4.69, 9.17) is 4.74 Å². The van der Waals surface area contributed by atoms with Crippen molar-refractivity contribution in [3.05, 3.63) is 33.9 Å². The minimum atomic E-state index is -0.776. The number of esters is 1. The van der Waals surface area contributed by atoms with Crippen LogP contribution in [0.3, 0.4) is 0 Å². The highest BCUT2D eigenvalue weighted by Gasteiger charge is 2.23. The second-order valence-electron chi connectivity index (χ2n) is 5.80. The smallest absolute Gasteiger partial charge is 0.338 e. The van der Waals surface area contributed by atoms with Gasteiger partial charge >= 0.3 is 5.97 Å². The van der Waals surface area contributed by atoms with Crippen molar-refractivity contribution in [1.82, 2.24) is 4.90 Å². The Hall–Kier alpha value is -2.64. The van der Waals surface area contributed by atoms with E-state index in [1.54, 1.807) is 11.9 Å². The number of ether oxygens (including phenoxy) is 1. The lowest BCUT2D eigenvalue weighted by atomic mass is 10.1. The molecular weight excluding hydrogens is 314 g/mol. The van der Waals surface area contributed by atoms with Gasteiger partial charge in [-0.05, 0) is 39.8 Å². The summed E-state index contributed by atoms with van der Waals surface area (Å²) in [4.78, 5) is 36.3. The van der Waals surface area contributed by atoms with Crippen LogP contribution in [0.25, 0.3) is 0 Å². The third-order valence-electron chi connectivity index (χ3n) is 3.43. The molecule has 0 radical (unpaired) electrons. The summed E-state index contributed by atoms with van der Waals surface area (Å²) < 4.78 is 5.01. The second kappa shape index (κ2) is 8.28. The van der Waals surface area contributed by atoms with E-state index in [2.05, 4.69) is 5.32 Å². The number of nitrogens with zero attached hydrogens (tertiary/aromatic N) is 2. The van der Waals surface area contributed by atoms with Crippen LogP contribution >= 0.6 is 0 Å². The lowest BCUT2D eigenvalue weighted by molar-refractivity contribution is -0.384. The van der Waals surface area contributed by atoms with Gasteiger partial charge in [-0.25, -0.2) is 4.79 Å². The summed E-state index contributed by atoms with van der Waals surface area (Å²) in [6.07, 6.45) is 0. The molecule has 0 aromatic heterocycles. The van der Waals surface area contributed by atoms with Gasteiger partial charge in [0.15, 0.2) is 6.61 Å². The maximum absolute atomic E-state index is 12.2. The van der Waals surface area contributed by atoms with Crippen LogP contribution in [0.5, 0.6) is 0 Å². The van der Waals surface area contributed by atoms with Crippen molar-refractivity contribution in [2.75, 3.05) is 19.0 Å². The topological polar surface area (TPSA) is 102 Å². The zero-order valence-electron chi connectivity index (χ0n) is 14.5. The van der Waals surface area contributed by atoms with Crippen LogP contribution in [0, 0.1) is 10.1 Å². The van der Waals surface area contributed by atoms with Crippen LogP contribution < -0.4 is 5.32 Å². The molecule has 1 N–H and O–H groups in total. The Kier molecular flexibility index (Phi) is 6.69. The van der Waals surface area contributed by atoms with Crippen LogP contribution in [-0.2, 0) is 9.53 Å². The first-order valence-corrected chi connectivity index (χ1v) is 7.63. The fraction of sp³-hybridized carbons (Fsp3) is 0.500. The summed E-state index contributed by atoms with van der Waals surface area (Å²) in [6.45, 7) is 7.09. The molecule has 0 atom stereocenters. The summed E-state index contributed by atoms with van der Waals surface area (Å²) in [5, 5.41) is 13.7. The molecule has 0 saturated carbocycles. The number of nitro groups is 1. The van der Waals surface area contributed by atoms with E-state index in [9.17, 15) is 19.7 Å². The van der Waals surface area contributed by atoms with Crippen LogP contribution in [0.1, 0.15) is 38.1 Å². The number of carbonyl (C=O) groups is 2. The van der Waals surface area contributed by atoms with Crippen LogP contribution in [0.15, 0.2) is 18.2 Å². The molecule has 0 heterocycles. The molecule has 1 rings (SSSR count). The summed E-state index contributed by atoms with van der Waals surface area (Å²) in [5.41, 5.74) is 0.0804. The first-order valence-electron chi connectivity index (χ1n) is 7.63. The maximum Gasteiger partial charge on any atom is 0.338 e. The summed E-state index contributed by atoms with van der Waals surface area (Å²) in [6, 6.07) is 3.92. The number of hydrogen-bond acceptors (Lipinski definition) is 6. The highest BCUT2D eigenvalue weighted by Crippen LogP contribution is 2.25. The van der Waals surface area contributed by atoms with Gasteiger partial charge in [-0.15, -0.1) is 0 Å². The molecule has 0 spiro atoms. The molecule has 0 bridgehead atoms. The molecule has 0 aliphatic carbocycles. The fourth-order valence-corrected chi connectivity index (χ4v) is 2.48. The van der Waals surface area contributed by atoms with Crippen molar-refractivity contribution < 1.29 is 19.2 Å². The minimum absolute atomic E-state index is 0.0211. The van der Waals surface area contributed by atoms with Gasteiger partial charge < -0.3 is 15.0 Å². The Labute approximate surface area is 140 Å². The van der Waals surface area contributed by atoms with Crippen molar-refractivity contribution in [1.29, 1.82) is 0 Å². The Balaban J connectivity index is 2.84. The fourth-order valence-electron chi connectivity index (χ4n) is 2.48. The van der Waals surface area contributed by atoms with Gasteiger partial charge in [-0.1, -0.05) is 0 Å². The third-order valence-corrected chi connectivity index (χ3v) is 3.43. The molecule has 1 aromatic rings. The Morgan fingerprint density at radius 3 is 2.29 bits per heavy atom. The first-order chi connectivity index (χ1) is 11.2. The largest absolute Gasteiger partial charge is 0.452 e. The molecule has 1 aromatic carbocycles. The highest BCUT2D eigenvalue weighted by molar-refractivity contribution is 5.93. The predicted molar refractivity (Wildman–Crippen MR) is 90.0 cm³/mol. The Morgan fingerprint density at radius 2 is 1.83 bits per heavy atom. The minimum Gasteiger partial charge on any atom is -0.452 e. The van der Waals surface area contributed by atoms with Gasteiger partial charge in [0.05, 0.1) is 10.5 Å². The van der Waals surface area contributed by atoms with Crippen molar-refractivity contribution in [2.45, 2.75) is 39.8 Å². The van der Waals surface area contributed by atoms with E-state index in [0.29, 0.717) is 5.69 Å². The molecule has 1 amide bonds. The van der Waals surface area contributed by atoms with E-state index in [1.807, 2.05) is 27.7 Å². The Morgan fingerprint density at radius 1 is 1.25 bits per heavy atom. The monoisotopic (exact) mass is 337 g/mol. The van der Waals surface area contributed by atoms with Crippen molar-refractivity contribution in [3.63, 3.8) is 0 Å². The average molecular weight is 337 g/mol. The number of anilines is 1. The lowest BCUT2D eigenvalue weighted by Crippen LogP contribution is -2.44. The van der Waals surface area contributed by atoms with Crippen molar-refractivity contribution in [2.24, 2.45) is 0 Å². The number of nitrogens with one attached hydrogen (secondary N) is 1. The molecule has 0 saturated heterocycles. The number of rotatable bonds is 7. The van der Waals surface area contributed by atoms with Crippen molar-refractivity contribution in [3.8, 4) is 0 Å². The number of carbonyl (C=O) groups excluding carboxylic acids is 2. The molecule has 0 aliphatic heterocycles. The molecule has 132 valence electrons. The molecule has 8 nitrogen and oxygen atoms in total. The Bertz CT molecular complexity index is 620. The van der Waals surface area contributed by atoms with Crippen molar-refractivity contribution >= 4 is 23.3 Å². The summed E-state index contributed by atoms with van der Waals surface area (Å²) in [5.74, 6) is -1.09. The lowest BCUT2D eigenvalue weighted by Gasteiger charge is -2.30. The SMILES string of the molecule is CNc1ccc(C(=O)OCC(=O)N(C(C)C)C(C)C)cc1[N+](=O)[O-]. The first kappa shape index (κ1) is 19.4. The van der Waals surface area contributed by atoms with Crippen LogP contribution in [0.2, 0.25) is 0 Å². The van der Waals surface area contributed by atoms with Gasteiger partial charge in [0.2, 0.25) is 0 Å². The number of hydrogen-bond donors (Lipinski definition) is 1. The highest BCUT2D eigenvalue weighted by atomic mass is 16.6. The number of nitro benzene ring substituents is 1. The van der Waals surface area contributed by atoms with E-state index in [-0.39, 0.29) is 29.2 Å². The van der Waals surface area contributed by atoms with Gasteiger partial charge in [0.25, 0.3) is 11.6 Å². The molecule has 0 unspecified atom stereocenters. The van der Waals surface area contributed by atoms with E-state index in [0.717, 1.165) is 6.07 Å². The average Bonchev–Trinajstić information content (AvgIpc) is 2.51. The molecule has 0 aliphatic rings. The van der Waals surface area contributed by atoms with Gasteiger partial charge in [0.1, 0.15) is 5.69 Å². The predicted octanol–water partition coefficient (Wildman–Crippen LogP) is 2.44. The zero-order valence-corrected chi connectivity index (χ0v) is 14.5. The summed E-state index contributed by atoms with van der Waals surface area (Å²) in [7, 11) is 1.55. The third kappa shape index (κ3) is 4.68. The number of benzene rings is 1. The molecular formula is C16H23N3O5.